The molecule has 1 heterocycles. The van der Waals surface area contributed by atoms with Gasteiger partial charge in [0.15, 0.2) is 0 Å². The number of nitrogens with zero attached hydrogens (tertiary/aromatic N) is 1. The van der Waals surface area contributed by atoms with Gasteiger partial charge in [-0.2, -0.15) is 13.2 Å². The molecule has 1 saturated carbocycles. The lowest BCUT2D eigenvalue weighted by atomic mass is 9.83. The quantitative estimate of drug-likeness (QED) is 0.760. The van der Waals surface area contributed by atoms with E-state index in [1.165, 1.54) is 6.08 Å². The molecule has 3 rings (SSSR count). The number of hydrogen-bond donors (Lipinski definition) is 1. The zero-order valence-corrected chi connectivity index (χ0v) is 16.3. The average Bonchev–Trinajstić information content (AvgIpc) is 2.72. The summed E-state index contributed by atoms with van der Waals surface area (Å²) in [6, 6.07) is 8.66. The van der Waals surface area contributed by atoms with Crippen LogP contribution >= 0.6 is 0 Å². The van der Waals surface area contributed by atoms with Gasteiger partial charge in [0.2, 0.25) is 11.8 Å². The lowest BCUT2D eigenvalue weighted by Crippen LogP contribution is -2.50. The molecule has 0 aromatic heterocycles. The summed E-state index contributed by atoms with van der Waals surface area (Å²) < 4.78 is 39.7. The van der Waals surface area contributed by atoms with E-state index in [0.717, 1.165) is 5.56 Å². The highest BCUT2D eigenvalue weighted by atomic mass is 19.4. The number of carbonyl (C=O) groups is 2. The first-order chi connectivity index (χ1) is 13.8. The molecule has 1 N–H and O–H groups in total. The van der Waals surface area contributed by atoms with E-state index in [1.54, 1.807) is 11.0 Å². The number of amides is 2. The standard InChI is InChI=1S/C22H27F3N2O2/c23-22(24,25)18-8-4-5-9-19(18)26-21(29)17-12-14-27(15-13-17)20(28)11-10-16-6-2-1-3-7-16/h1-3,6-7,10-11,17-19H,4-5,8-9,12-15H2,(H,26,29). The third kappa shape index (κ3) is 5.84. The molecule has 2 atom stereocenters. The fourth-order valence-electron chi connectivity index (χ4n) is 4.20. The summed E-state index contributed by atoms with van der Waals surface area (Å²) in [5, 5.41) is 2.66. The Balaban J connectivity index is 1.49. The van der Waals surface area contributed by atoms with Crippen LogP contribution in [0, 0.1) is 11.8 Å². The molecule has 1 aliphatic carbocycles. The number of benzene rings is 1. The lowest BCUT2D eigenvalue weighted by Gasteiger charge is -2.36. The maximum absolute atomic E-state index is 13.2. The first kappa shape index (κ1) is 21.4. The minimum atomic E-state index is -4.28. The summed E-state index contributed by atoms with van der Waals surface area (Å²) in [4.78, 5) is 26.5. The van der Waals surface area contributed by atoms with E-state index in [0.29, 0.717) is 45.2 Å². The van der Waals surface area contributed by atoms with Crippen LogP contribution < -0.4 is 5.32 Å². The Morgan fingerprint density at radius 3 is 2.31 bits per heavy atom. The van der Waals surface area contributed by atoms with Crippen LogP contribution in [0.4, 0.5) is 13.2 Å². The zero-order chi connectivity index (χ0) is 20.9. The number of halogens is 3. The summed E-state index contributed by atoms with van der Waals surface area (Å²) in [5.74, 6) is -2.21. The summed E-state index contributed by atoms with van der Waals surface area (Å²) >= 11 is 0. The van der Waals surface area contributed by atoms with Gasteiger partial charge in [-0.05, 0) is 37.3 Å². The summed E-state index contributed by atoms with van der Waals surface area (Å²) in [6.07, 6.45) is 1.64. The predicted molar refractivity (Wildman–Crippen MR) is 105 cm³/mol. The fraction of sp³-hybridized carbons (Fsp3) is 0.545. The van der Waals surface area contributed by atoms with Crippen molar-refractivity contribution in [2.24, 2.45) is 11.8 Å². The van der Waals surface area contributed by atoms with Crippen molar-refractivity contribution >= 4 is 17.9 Å². The van der Waals surface area contributed by atoms with E-state index < -0.39 is 18.1 Å². The molecule has 2 unspecified atom stereocenters. The van der Waals surface area contributed by atoms with Crippen LogP contribution in [0.15, 0.2) is 36.4 Å². The monoisotopic (exact) mass is 408 g/mol. The Kier molecular flexibility index (Phi) is 6.98. The van der Waals surface area contributed by atoms with Gasteiger partial charge in [-0.1, -0.05) is 43.2 Å². The van der Waals surface area contributed by atoms with Crippen LogP contribution in [-0.2, 0) is 9.59 Å². The fourth-order valence-corrected chi connectivity index (χ4v) is 4.20. The van der Waals surface area contributed by atoms with Gasteiger partial charge in [0.25, 0.3) is 0 Å². The average molecular weight is 408 g/mol. The van der Waals surface area contributed by atoms with Gasteiger partial charge < -0.3 is 10.2 Å². The molecule has 158 valence electrons. The SMILES string of the molecule is O=C(NC1CCCCC1C(F)(F)F)C1CCN(C(=O)C=Cc2ccccc2)CC1. The van der Waals surface area contributed by atoms with E-state index in [9.17, 15) is 22.8 Å². The lowest BCUT2D eigenvalue weighted by molar-refractivity contribution is -0.189. The molecule has 1 aromatic carbocycles. The van der Waals surface area contributed by atoms with Crippen LogP contribution in [0.2, 0.25) is 0 Å². The molecule has 4 nitrogen and oxygen atoms in total. The van der Waals surface area contributed by atoms with Crippen molar-refractivity contribution in [1.29, 1.82) is 0 Å². The summed E-state index contributed by atoms with van der Waals surface area (Å²) in [5.41, 5.74) is 0.932. The van der Waals surface area contributed by atoms with Gasteiger partial charge in [-0.3, -0.25) is 9.59 Å². The molecule has 0 spiro atoms. The number of likely N-dealkylation sites (tertiary alicyclic amines) is 1. The van der Waals surface area contributed by atoms with Gasteiger partial charge in [0.1, 0.15) is 0 Å². The molecule has 1 aliphatic heterocycles. The second kappa shape index (κ2) is 9.46. The molecule has 0 bridgehead atoms. The van der Waals surface area contributed by atoms with Crippen LogP contribution in [0.1, 0.15) is 44.1 Å². The maximum Gasteiger partial charge on any atom is 0.393 e. The van der Waals surface area contributed by atoms with E-state index in [-0.39, 0.29) is 24.2 Å². The molecule has 2 fully saturated rings. The topological polar surface area (TPSA) is 49.4 Å². The van der Waals surface area contributed by atoms with Crippen molar-refractivity contribution in [2.75, 3.05) is 13.1 Å². The largest absolute Gasteiger partial charge is 0.393 e. The third-order valence-electron chi connectivity index (χ3n) is 5.91. The highest BCUT2D eigenvalue weighted by Crippen LogP contribution is 2.38. The smallest absolute Gasteiger partial charge is 0.353 e. The second-order valence-corrected chi connectivity index (χ2v) is 7.89. The van der Waals surface area contributed by atoms with Crippen molar-refractivity contribution in [3.05, 3.63) is 42.0 Å². The van der Waals surface area contributed by atoms with Crippen LogP contribution in [0.5, 0.6) is 0 Å². The first-order valence-corrected chi connectivity index (χ1v) is 10.2. The van der Waals surface area contributed by atoms with Gasteiger partial charge in [-0.15, -0.1) is 0 Å². The Bertz CT molecular complexity index is 725. The van der Waals surface area contributed by atoms with E-state index in [4.69, 9.17) is 0 Å². The normalized spacial score (nSPS) is 23.9. The third-order valence-corrected chi connectivity index (χ3v) is 5.91. The molecule has 1 aromatic rings. The van der Waals surface area contributed by atoms with Crippen molar-refractivity contribution in [3.63, 3.8) is 0 Å². The second-order valence-electron chi connectivity index (χ2n) is 7.89. The van der Waals surface area contributed by atoms with Crippen LogP contribution in [0.3, 0.4) is 0 Å². The van der Waals surface area contributed by atoms with Gasteiger partial charge in [0, 0.05) is 31.1 Å². The Labute approximate surface area is 169 Å². The minimum Gasteiger partial charge on any atom is -0.353 e. The molecule has 0 radical (unpaired) electrons. The number of nitrogens with one attached hydrogen (secondary N) is 1. The molecular weight excluding hydrogens is 381 g/mol. The summed E-state index contributed by atoms with van der Waals surface area (Å²) in [6.45, 7) is 0.868. The molecule has 1 saturated heterocycles. The van der Waals surface area contributed by atoms with E-state index in [2.05, 4.69) is 5.32 Å². The van der Waals surface area contributed by atoms with Gasteiger partial charge >= 0.3 is 6.18 Å². The van der Waals surface area contributed by atoms with Crippen molar-refractivity contribution < 1.29 is 22.8 Å². The highest BCUT2D eigenvalue weighted by molar-refractivity contribution is 5.92. The van der Waals surface area contributed by atoms with Crippen molar-refractivity contribution in [3.8, 4) is 0 Å². The molecular formula is C22H27F3N2O2. The number of piperidine rings is 1. The first-order valence-electron chi connectivity index (χ1n) is 10.2. The number of hydrogen-bond acceptors (Lipinski definition) is 2. The summed E-state index contributed by atoms with van der Waals surface area (Å²) in [7, 11) is 0. The predicted octanol–water partition coefficient (Wildman–Crippen LogP) is 4.18. The van der Waals surface area contributed by atoms with Crippen molar-refractivity contribution in [2.45, 2.75) is 50.7 Å². The number of alkyl halides is 3. The number of rotatable bonds is 4. The van der Waals surface area contributed by atoms with Gasteiger partial charge in [-0.25, -0.2) is 0 Å². The van der Waals surface area contributed by atoms with Crippen molar-refractivity contribution in [1.82, 2.24) is 10.2 Å². The maximum atomic E-state index is 13.2. The Hall–Kier alpha value is -2.31. The minimum absolute atomic E-state index is 0.0785. The molecule has 7 heteroatoms. The number of carbonyl (C=O) groups excluding carboxylic acids is 2. The van der Waals surface area contributed by atoms with Crippen LogP contribution in [0.25, 0.3) is 6.08 Å². The molecule has 2 aliphatic rings. The Morgan fingerprint density at radius 1 is 1.00 bits per heavy atom. The van der Waals surface area contributed by atoms with Gasteiger partial charge in [0.05, 0.1) is 5.92 Å². The van der Waals surface area contributed by atoms with Crippen LogP contribution in [-0.4, -0.2) is 42.0 Å². The molecule has 29 heavy (non-hydrogen) atoms. The van der Waals surface area contributed by atoms with E-state index >= 15 is 0 Å². The molecule has 2 amide bonds. The zero-order valence-electron chi connectivity index (χ0n) is 16.3. The van der Waals surface area contributed by atoms with E-state index in [1.807, 2.05) is 30.3 Å². The Morgan fingerprint density at radius 2 is 1.66 bits per heavy atom. The highest BCUT2D eigenvalue weighted by Gasteiger charge is 2.46.